The van der Waals surface area contributed by atoms with Crippen molar-refractivity contribution >= 4 is 22.5 Å². The van der Waals surface area contributed by atoms with Crippen LogP contribution >= 0.6 is 0 Å². The summed E-state index contributed by atoms with van der Waals surface area (Å²) in [6, 6.07) is 8.02. The number of hydrogen-bond acceptors (Lipinski definition) is 5. The summed E-state index contributed by atoms with van der Waals surface area (Å²) in [5.74, 6) is 1.39. The summed E-state index contributed by atoms with van der Waals surface area (Å²) in [7, 11) is 1.70. The maximum atomic E-state index is 11.2. The Labute approximate surface area is 139 Å². The lowest BCUT2D eigenvalue weighted by Crippen LogP contribution is -2.13. The van der Waals surface area contributed by atoms with Gasteiger partial charge in [0.15, 0.2) is 0 Å². The lowest BCUT2D eigenvalue weighted by Gasteiger charge is -2.08. The predicted molar refractivity (Wildman–Crippen MR) is 92.2 cm³/mol. The van der Waals surface area contributed by atoms with Gasteiger partial charge in [0.25, 0.3) is 0 Å². The van der Waals surface area contributed by atoms with E-state index in [1.165, 1.54) is 4.68 Å². The van der Waals surface area contributed by atoms with Gasteiger partial charge < -0.3 is 9.88 Å². The molecule has 0 atom stereocenters. The van der Waals surface area contributed by atoms with Gasteiger partial charge in [0.1, 0.15) is 11.5 Å². The van der Waals surface area contributed by atoms with Crippen molar-refractivity contribution in [2.75, 3.05) is 11.9 Å². The van der Waals surface area contributed by atoms with Gasteiger partial charge in [-0.1, -0.05) is 12.1 Å². The van der Waals surface area contributed by atoms with E-state index in [2.05, 4.69) is 33.0 Å². The Morgan fingerprint density at radius 3 is 2.79 bits per heavy atom. The third-order valence-corrected chi connectivity index (χ3v) is 4.06. The zero-order chi connectivity index (χ0) is 17.3. The average molecular weight is 328 g/mol. The second kappa shape index (κ2) is 6.31. The van der Waals surface area contributed by atoms with Crippen molar-refractivity contribution in [1.82, 2.24) is 19.3 Å². The predicted octanol–water partition coefficient (Wildman–Crippen LogP) is 2.66. The lowest BCUT2D eigenvalue weighted by atomic mass is 10.3. The van der Waals surface area contributed by atoms with E-state index in [0.29, 0.717) is 24.5 Å². The lowest BCUT2D eigenvalue weighted by molar-refractivity contribution is -0.384. The van der Waals surface area contributed by atoms with Crippen LogP contribution in [0.25, 0.3) is 11.0 Å². The average Bonchev–Trinajstić information content (AvgIpc) is 3.04. The SMILES string of the molecule is CCn1c(CCNc2c([N+](=O)[O-])c(C)nn2C)nc2ccccc21. The molecule has 3 aromatic rings. The van der Waals surface area contributed by atoms with E-state index in [0.717, 1.165) is 23.4 Å². The molecule has 0 unspecified atom stereocenters. The minimum absolute atomic E-state index is 0.0292. The number of benzene rings is 1. The van der Waals surface area contributed by atoms with Crippen molar-refractivity contribution in [2.45, 2.75) is 26.8 Å². The summed E-state index contributed by atoms with van der Waals surface area (Å²) in [4.78, 5) is 15.5. The Hall–Kier alpha value is -2.90. The van der Waals surface area contributed by atoms with Crippen molar-refractivity contribution < 1.29 is 4.92 Å². The molecule has 0 radical (unpaired) electrons. The first-order valence-electron chi connectivity index (χ1n) is 7.89. The van der Waals surface area contributed by atoms with Gasteiger partial charge >= 0.3 is 5.69 Å². The van der Waals surface area contributed by atoms with E-state index >= 15 is 0 Å². The van der Waals surface area contributed by atoms with Crippen LogP contribution in [0.5, 0.6) is 0 Å². The highest BCUT2D eigenvalue weighted by Gasteiger charge is 2.23. The molecule has 0 amide bonds. The van der Waals surface area contributed by atoms with Gasteiger partial charge in [-0.2, -0.15) is 5.10 Å². The second-order valence-corrected chi connectivity index (χ2v) is 5.60. The molecule has 0 spiro atoms. The number of anilines is 1. The van der Waals surface area contributed by atoms with E-state index in [1.54, 1.807) is 14.0 Å². The quantitative estimate of drug-likeness (QED) is 0.555. The number of aromatic nitrogens is 4. The molecule has 0 aliphatic heterocycles. The fourth-order valence-corrected chi connectivity index (χ4v) is 3.03. The fourth-order valence-electron chi connectivity index (χ4n) is 3.03. The molecule has 8 nitrogen and oxygen atoms in total. The van der Waals surface area contributed by atoms with Crippen LogP contribution in [0.2, 0.25) is 0 Å². The zero-order valence-corrected chi connectivity index (χ0v) is 14.0. The highest BCUT2D eigenvalue weighted by Crippen LogP contribution is 2.27. The molecule has 0 aliphatic carbocycles. The summed E-state index contributed by atoms with van der Waals surface area (Å²) < 4.78 is 3.68. The molecule has 0 aliphatic rings. The molecule has 2 aromatic heterocycles. The first-order valence-corrected chi connectivity index (χ1v) is 7.89. The van der Waals surface area contributed by atoms with Crippen molar-refractivity contribution in [3.05, 3.63) is 45.9 Å². The number of nitro groups is 1. The molecule has 1 aromatic carbocycles. The number of rotatable bonds is 6. The Kier molecular flexibility index (Phi) is 4.20. The summed E-state index contributed by atoms with van der Waals surface area (Å²) in [6.07, 6.45) is 0.671. The van der Waals surface area contributed by atoms with Crippen LogP contribution < -0.4 is 5.32 Å². The van der Waals surface area contributed by atoms with E-state index < -0.39 is 4.92 Å². The number of aryl methyl sites for hydroxylation is 3. The summed E-state index contributed by atoms with van der Waals surface area (Å²) in [5, 5.41) is 18.5. The first kappa shape index (κ1) is 16.0. The summed E-state index contributed by atoms with van der Waals surface area (Å²) in [5.41, 5.74) is 2.52. The molecule has 8 heteroatoms. The topological polar surface area (TPSA) is 90.8 Å². The maximum absolute atomic E-state index is 11.2. The number of hydrogen-bond donors (Lipinski definition) is 1. The van der Waals surface area contributed by atoms with Gasteiger partial charge in [0.2, 0.25) is 5.82 Å². The van der Waals surface area contributed by atoms with Gasteiger partial charge in [-0.15, -0.1) is 0 Å². The number of fused-ring (bicyclic) bond motifs is 1. The summed E-state index contributed by atoms with van der Waals surface area (Å²) >= 11 is 0. The highest BCUT2D eigenvalue weighted by molar-refractivity contribution is 5.75. The Balaban J connectivity index is 1.79. The van der Waals surface area contributed by atoms with Gasteiger partial charge in [0, 0.05) is 26.6 Å². The zero-order valence-electron chi connectivity index (χ0n) is 14.0. The smallest absolute Gasteiger partial charge is 0.333 e. The Bertz CT molecular complexity index is 895. The highest BCUT2D eigenvalue weighted by atomic mass is 16.6. The number of nitrogens with one attached hydrogen (secondary N) is 1. The standard InChI is InChI=1S/C16H20N6O2/c1-4-21-13-8-6-5-7-12(13)18-14(21)9-10-17-16-15(22(23)24)11(2)19-20(16)3/h5-8,17H,4,9-10H2,1-3H3. The molecule has 126 valence electrons. The van der Waals surface area contributed by atoms with E-state index in [4.69, 9.17) is 0 Å². The monoisotopic (exact) mass is 328 g/mol. The second-order valence-electron chi connectivity index (χ2n) is 5.60. The number of para-hydroxylation sites is 2. The van der Waals surface area contributed by atoms with Crippen LogP contribution in [-0.4, -0.2) is 30.8 Å². The Morgan fingerprint density at radius 2 is 2.08 bits per heavy atom. The van der Waals surface area contributed by atoms with Gasteiger partial charge in [-0.05, 0) is 26.0 Å². The molecule has 2 heterocycles. The minimum Gasteiger partial charge on any atom is -0.364 e. The third-order valence-electron chi connectivity index (χ3n) is 4.06. The fraction of sp³-hybridized carbons (Fsp3) is 0.375. The molecule has 0 bridgehead atoms. The van der Waals surface area contributed by atoms with Crippen LogP contribution in [0.3, 0.4) is 0 Å². The number of imidazole rings is 1. The summed E-state index contributed by atoms with van der Waals surface area (Å²) in [6.45, 7) is 5.10. The first-order chi connectivity index (χ1) is 11.5. The van der Waals surface area contributed by atoms with E-state index in [9.17, 15) is 10.1 Å². The van der Waals surface area contributed by atoms with Crippen LogP contribution in [0, 0.1) is 17.0 Å². The molecule has 1 N–H and O–H groups in total. The van der Waals surface area contributed by atoms with E-state index in [-0.39, 0.29) is 5.69 Å². The molecule has 0 saturated carbocycles. The van der Waals surface area contributed by atoms with Gasteiger partial charge in [0.05, 0.1) is 16.0 Å². The van der Waals surface area contributed by atoms with Crippen LogP contribution in [0.1, 0.15) is 18.4 Å². The number of nitrogens with zero attached hydrogens (tertiary/aromatic N) is 5. The normalized spacial score (nSPS) is 11.1. The molecular formula is C16H20N6O2. The van der Waals surface area contributed by atoms with Crippen molar-refractivity contribution in [3.8, 4) is 0 Å². The third kappa shape index (κ3) is 2.70. The molecule has 3 rings (SSSR count). The molecule has 0 fully saturated rings. The van der Waals surface area contributed by atoms with E-state index in [1.807, 2.05) is 18.2 Å². The molecular weight excluding hydrogens is 308 g/mol. The minimum atomic E-state index is -0.397. The maximum Gasteiger partial charge on any atom is 0.333 e. The van der Waals surface area contributed by atoms with Gasteiger partial charge in [-0.3, -0.25) is 10.1 Å². The molecule has 0 saturated heterocycles. The van der Waals surface area contributed by atoms with Crippen molar-refractivity contribution in [3.63, 3.8) is 0 Å². The van der Waals surface area contributed by atoms with Crippen molar-refractivity contribution in [2.24, 2.45) is 7.05 Å². The van der Waals surface area contributed by atoms with Gasteiger partial charge in [-0.25, -0.2) is 9.67 Å². The van der Waals surface area contributed by atoms with Crippen LogP contribution in [0.4, 0.5) is 11.5 Å². The van der Waals surface area contributed by atoms with Crippen LogP contribution in [-0.2, 0) is 20.0 Å². The largest absolute Gasteiger partial charge is 0.364 e. The van der Waals surface area contributed by atoms with Crippen LogP contribution in [0.15, 0.2) is 24.3 Å². The Morgan fingerprint density at radius 1 is 1.33 bits per heavy atom. The van der Waals surface area contributed by atoms with Crippen molar-refractivity contribution in [1.29, 1.82) is 0 Å². The molecule has 24 heavy (non-hydrogen) atoms.